The lowest BCUT2D eigenvalue weighted by molar-refractivity contribution is 0.0852. The smallest absolute Gasteiger partial charge is 0.257 e. The van der Waals surface area contributed by atoms with Gasteiger partial charge in [-0.2, -0.15) is 20.1 Å². The maximum absolute atomic E-state index is 5.45. The fourth-order valence-electron chi connectivity index (χ4n) is 2.30. The van der Waals surface area contributed by atoms with Gasteiger partial charge in [-0.3, -0.25) is 5.43 Å². The van der Waals surface area contributed by atoms with Crippen LogP contribution >= 0.6 is 0 Å². The Bertz CT molecular complexity index is 581. The molecule has 0 amide bonds. The number of nitrogen functional groups attached to an aromatic ring is 1. The number of aromatic nitrogens is 5. The molecule has 3 heterocycles. The number of ether oxygens (including phenoxy) is 1. The molecule has 2 aromatic rings. The SMILES string of the molecule is CN(c1nc(NN)nc(-n2cccn2)n1)C1CCOCC1. The molecular formula is C12H18N8O. The highest BCUT2D eigenvalue weighted by Gasteiger charge is 2.22. The molecule has 9 nitrogen and oxygen atoms in total. The van der Waals surface area contributed by atoms with E-state index in [9.17, 15) is 0 Å². The fraction of sp³-hybridized carbons (Fsp3) is 0.500. The molecular weight excluding hydrogens is 272 g/mol. The van der Waals surface area contributed by atoms with Gasteiger partial charge in [-0.15, -0.1) is 0 Å². The highest BCUT2D eigenvalue weighted by atomic mass is 16.5. The van der Waals surface area contributed by atoms with E-state index in [1.165, 1.54) is 0 Å². The lowest BCUT2D eigenvalue weighted by Gasteiger charge is -2.31. The normalized spacial score (nSPS) is 15.9. The van der Waals surface area contributed by atoms with Crippen LogP contribution in [0.4, 0.5) is 11.9 Å². The molecule has 0 aromatic carbocycles. The summed E-state index contributed by atoms with van der Waals surface area (Å²) >= 11 is 0. The van der Waals surface area contributed by atoms with Crippen molar-refractivity contribution in [1.29, 1.82) is 0 Å². The Balaban J connectivity index is 1.91. The molecule has 2 aromatic heterocycles. The number of hydrazine groups is 1. The Morgan fingerprint density at radius 3 is 2.81 bits per heavy atom. The molecule has 0 aliphatic carbocycles. The van der Waals surface area contributed by atoms with E-state index in [1.54, 1.807) is 23.1 Å². The predicted octanol–water partition coefficient (Wildman–Crippen LogP) is -0.0419. The van der Waals surface area contributed by atoms with Crippen LogP contribution in [-0.4, -0.2) is 51.0 Å². The summed E-state index contributed by atoms with van der Waals surface area (Å²) in [4.78, 5) is 15.0. The number of nitrogens with one attached hydrogen (secondary N) is 1. The molecule has 0 atom stereocenters. The lowest BCUT2D eigenvalue weighted by Crippen LogP contribution is -2.38. The van der Waals surface area contributed by atoms with Gasteiger partial charge in [0.15, 0.2) is 0 Å². The van der Waals surface area contributed by atoms with Crippen LogP contribution in [0.2, 0.25) is 0 Å². The van der Waals surface area contributed by atoms with Crippen LogP contribution in [0, 0.1) is 0 Å². The highest BCUT2D eigenvalue weighted by Crippen LogP contribution is 2.19. The van der Waals surface area contributed by atoms with Gasteiger partial charge in [-0.05, 0) is 18.9 Å². The Morgan fingerprint density at radius 2 is 2.14 bits per heavy atom. The van der Waals surface area contributed by atoms with Crippen molar-refractivity contribution in [2.75, 3.05) is 30.6 Å². The van der Waals surface area contributed by atoms with Gasteiger partial charge in [0.2, 0.25) is 11.9 Å². The van der Waals surface area contributed by atoms with E-state index in [1.807, 2.05) is 11.9 Å². The third kappa shape index (κ3) is 2.93. The molecule has 3 N–H and O–H groups in total. The van der Waals surface area contributed by atoms with Crippen molar-refractivity contribution >= 4 is 11.9 Å². The minimum Gasteiger partial charge on any atom is -0.381 e. The summed E-state index contributed by atoms with van der Waals surface area (Å²) in [6.07, 6.45) is 5.34. The van der Waals surface area contributed by atoms with Gasteiger partial charge in [0.05, 0.1) is 0 Å². The molecule has 112 valence electrons. The summed E-state index contributed by atoms with van der Waals surface area (Å²) in [6, 6.07) is 2.15. The second-order valence-corrected chi connectivity index (χ2v) is 4.81. The Morgan fingerprint density at radius 1 is 1.33 bits per heavy atom. The molecule has 1 aliphatic rings. The standard InChI is InChI=1S/C12H18N8O/c1-19(9-3-7-21-8-4-9)11-15-10(18-13)16-12(17-11)20-6-2-5-14-20/h2,5-6,9H,3-4,7-8,13H2,1H3,(H,15,16,17,18). The van der Waals surface area contributed by atoms with Crippen LogP contribution < -0.4 is 16.2 Å². The van der Waals surface area contributed by atoms with Crippen LogP contribution in [0.5, 0.6) is 0 Å². The van der Waals surface area contributed by atoms with Crippen molar-refractivity contribution in [3.63, 3.8) is 0 Å². The summed E-state index contributed by atoms with van der Waals surface area (Å²) in [5.74, 6) is 6.75. The first-order valence-electron chi connectivity index (χ1n) is 6.81. The molecule has 0 unspecified atom stereocenters. The van der Waals surface area contributed by atoms with Gasteiger partial charge in [-0.1, -0.05) is 0 Å². The van der Waals surface area contributed by atoms with E-state index in [4.69, 9.17) is 10.6 Å². The number of hydrogen-bond acceptors (Lipinski definition) is 8. The molecule has 0 saturated carbocycles. The first kappa shape index (κ1) is 13.7. The largest absolute Gasteiger partial charge is 0.381 e. The first-order chi connectivity index (χ1) is 10.3. The van der Waals surface area contributed by atoms with Gasteiger partial charge in [-0.25, -0.2) is 10.5 Å². The zero-order valence-electron chi connectivity index (χ0n) is 11.8. The molecule has 3 rings (SSSR count). The van der Waals surface area contributed by atoms with Crippen LogP contribution in [-0.2, 0) is 4.74 Å². The van der Waals surface area contributed by atoms with Crippen molar-refractivity contribution in [3.8, 4) is 5.95 Å². The number of hydrogen-bond donors (Lipinski definition) is 2. The number of nitrogens with two attached hydrogens (primary N) is 1. The molecule has 0 spiro atoms. The van der Waals surface area contributed by atoms with Gasteiger partial charge < -0.3 is 9.64 Å². The van der Waals surface area contributed by atoms with Gasteiger partial charge in [0.1, 0.15) is 0 Å². The zero-order valence-corrected chi connectivity index (χ0v) is 11.8. The molecule has 1 fully saturated rings. The fourth-order valence-corrected chi connectivity index (χ4v) is 2.30. The second-order valence-electron chi connectivity index (χ2n) is 4.81. The average Bonchev–Trinajstić information content (AvgIpc) is 3.09. The van der Waals surface area contributed by atoms with Gasteiger partial charge in [0, 0.05) is 38.7 Å². The third-order valence-electron chi connectivity index (χ3n) is 3.50. The van der Waals surface area contributed by atoms with Crippen molar-refractivity contribution < 1.29 is 4.74 Å². The van der Waals surface area contributed by atoms with Crippen LogP contribution in [0.25, 0.3) is 5.95 Å². The Labute approximate surface area is 122 Å². The Hall–Kier alpha value is -2.26. The van der Waals surface area contributed by atoms with Crippen molar-refractivity contribution in [1.82, 2.24) is 24.7 Å². The molecule has 1 aliphatic heterocycles. The summed E-state index contributed by atoms with van der Waals surface area (Å²) in [6.45, 7) is 1.52. The summed E-state index contributed by atoms with van der Waals surface area (Å²) in [5.41, 5.74) is 2.47. The van der Waals surface area contributed by atoms with E-state index < -0.39 is 0 Å². The summed E-state index contributed by atoms with van der Waals surface area (Å²) in [5, 5.41) is 4.13. The zero-order chi connectivity index (χ0) is 14.7. The molecule has 1 saturated heterocycles. The average molecular weight is 290 g/mol. The van der Waals surface area contributed by atoms with Crippen molar-refractivity contribution in [2.45, 2.75) is 18.9 Å². The summed E-state index contributed by atoms with van der Waals surface area (Å²) in [7, 11) is 1.97. The molecule has 0 bridgehead atoms. The topological polar surface area (TPSA) is 107 Å². The lowest BCUT2D eigenvalue weighted by atomic mass is 10.1. The quantitative estimate of drug-likeness (QED) is 0.596. The first-order valence-corrected chi connectivity index (χ1v) is 6.81. The van der Waals surface area contributed by atoms with Crippen LogP contribution in [0.15, 0.2) is 18.5 Å². The molecule has 21 heavy (non-hydrogen) atoms. The highest BCUT2D eigenvalue weighted by molar-refractivity contribution is 5.39. The van der Waals surface area contributed by atoms with E-state index in [2.05, 4.69) is 25.5 Å². The molecule has 0 radical (unpaired) electrons. The van der Waals surface area contributed by atoms with E-state index in [0.29, 0.717) is 23.9 Å². The van der Waals surface area contributed by atoms with Crippen molar-refractivity contribution in [2.24, 2.45) is 5.84 Å². The van der Waals surface area contributed by atoms with Gasteiger partial charge >= 0.3 is 0 Å². The second kappa shape index (κ2) is 6.02. The van der Waals surface area contributed by atoms with E-state index >= 15 is 0 Å². The molecule has 9 heteroatoms. The van der Waals surface area contributed by atoms with E-state index in [0.717, 1.165) is 26.1 Å². The number of nitrogens with zero attached hydrogens (tertiary/aromatic N) is 6. The number of rotatable bonds is 4. The minimum absolute atomic E-state index is 0.310. The third-order valence-corrected chi connectivity index (χ3v) is 3.50. The monoisotopic (exact) mass is 290 g/mol. The number of anilines is 2. The maximum atomic E-state index is 5.45. The van der Waals surface area contributed by atoms with Crippen LogP contribution in [0.1, 0.15) is 12.8 Å². The summed E-state index contributed by atoms with van der Waals surface area (Å²) < 4.78 is 6.96. The minimum atomic E-state index is 0.310. The van der Waals surface area contributed by atoms with Gasteiger partial charge in [0.25, 0.3) is 5.95 Å². The maximum Gasteiger partial charge on any atom is 0.257 e. The van der Waals surface area contributed by atoms with Crippen LogP contribution in [0.3, 0.4) is 0 Å². The van der Waals surface area contributed by atoms with Crippen molar-refractivity contribution in [3.05, 3.63) is 18.5 Å². The predicted molar refractivity (Wildman–Crippen MR) is 77.0 cm³/mol. The van der Waals surface area contributed by atoms with E-state index in [-0.39, 0.29) is 0 Å². The Kier molecular flexibility index (Phi) is 3.93.